The zero-order valence-corrected chi connectivity index (χ0v) is 17.4. The van der Waals surface area contributed by atoms with Crippen LogP contribution >= 0.6 is 0 Å². The van der Waals surface area contributed by atoms with E-state index < -0.39 is 0 Å². The third kappa shape index (κ3) is 3.63. The monoisotopic (exact) mass is 418 g/mol. The van der Waals surface area contributed by atoms with E-state index in [1.807, 2.05) is 18.2 Å². The van der Waals surface area contributed by atoms with Gasteiger partial charge >= 0.3 is 5.97 Å². The Morgan fingerprint density at radius 1 is 0.968 bits per heavy atom. The number of esters is 1. The molecule has 0 bridgehead atoms. The summed E-state index contributed by atoms with van der Waals surface area (Å²) in [6.45, 7) is 0. The van der Waals surface area contributed by atoms with Crippen molar-refractivity contribution in [3.8, 4) is 11.3 Å². The number of aromatic nitrogens is 1. The number of ether oxygens (including phenoxy) is 1. The zero-order valence-electron chi connectivity index (χ0n) is 17.4. The Kier molecular flexibility index (Phi) is 5.42. The number of carbonyl (C=O) groups excluding carboxylic acids is 3. The van der Waals surface area contributed by atoms with E-state index in [2.05, 4.69) is 10.1 Å². The van der Waals surface area contributed by atoms with Crippen LogP contribution in [-0.2, 0) is 21.4 Å². The molecule has 1 aromatic heterocycles. The van der Waals surface area contributed by atoms with Gasteiger partial charge in [-0.05, 0) is 25.0 Å². The van der Waals surface area contributed by atoms with Gasteiger partial charge in [0.05, 0.1) is 23.8 Å². The standard InChI is InChI=1S/C24H22N2O5/c1-26-22-16-7-3-4-8-17(16)23(29)21(22)15-12-11-14(13-18(15)24(26)30)25-19(27)9-5-6-10-20(28)31-2/h3-4,7-8,11-13H,5-6,9-10H2,1-2H3,(H,25,27). The van der Waals surface area contributed by atoms with Crippen molar-refractivity contribution in [3.05, 3.63) is 63.9 Å². The largest absolute Gasteiger partial charge is 0.469 e. The van der Waals surface area contributed by atoms with Gasteiger partial charge in [0.1, 0.15) is 0 Å². The fourth-order valence-electron chi connectivity index (χ4n) is 4.04. The lowest BCUT2D eigenvalue weighted by Gasteiger charge is -2.12. The highest BCUT2D eigenvalue weighted by Crippen LogP contribution is 2.39. The van der Waals surface area contributed by atoms with Gasteiger partial charge in [0, 0.05) is 42.1 Å². The number of carbonyl (C=O) groups is 3. The first-order valence-corrected chi connectivity index (χ1v) is 10.1. The molecule has 1 aliphatic rings. The summed E-state index contributed by atoms with van der Waals surface area (Å²) in [5, 5.41) is 3.75. The molecule has 0 saturated heterocycles. The second-order valence-electron chi connectivity index (χ2n) is 7.55. The Morgan fingerprint density at radius 2 is 1.68 bits per heavy atom. The molecule has 0 saturated carbocycles. The van der Waals surface area contributed by atoms with Crippen molar-refractivity contribution >= 4 is 34.1 Å². The lowest BCUT2D eigenvalue weighted by Crippen LogP contribution is -2.20. The summed E-state index contributed by atoms with van der Waals surface area (Å²) in [6, 6.07) is 12.3. The molecule has 0 spiro atoms. The Balaban J connectivity index is 1.61. The fraction of sp³-hybridized carbons (Fsp3) is 0.250. The maximum Gasteiger partial charge on any atom is 0.305 e. The van der Waals surface area contributed by atoms with E-state index in [0.29, 0.717) is 46.1 Å². The van der Waals surface area contributed by atoms with Gasteiger partial charge in [0.15, 0.2) is 5.78 Å². The Hall–Kier alpha value is -3.74. The van der Waals surface area contributed by atoms with Gasteiger partial charge in [-0.1, -0.05) is 30.3 Å². The predicted octanol–water partition coefficient (Wildman–Crippen LogP) is 3.42. The topological polar surface area (TPSA) is 94.5 Å². The van der Waals surface area contributed by atoms with Crippen molar-refractivity contribution in [1.29, 1.82) is 0 Å². The number of nitrogens with zero attached hydrogens (tertiary/aromatic N) is 1. The number of anilines is 1. The molecule has 7 heteroatoms. The minimum absolute atomic E-state index is 0.103. The summed E-state index contributed by atoms with van der Waals surface area (Å²) in [7, 11) is 2.99. The number of pyridine rings is 1. The van der Waals surface area contributed by atoms with Crippen molar-refractivity contribution in [1.82, 2.24) is 4.57 Å². The number of hydrogen-bond acceptors (Lipinski definition) is 5. The smallest absolute Gasteiger partial charge is 0.305 e. The molecule has 31 heavy (non-hydrogen) atoms. The molecule has 1 aliphatic carbocycles. The maximum absolute atomic E-state index is 13.0. The highest BCUT2D eigenvalue weighted by atomic mass is 16.5. The SMILES string of the molecule is COC(=O)CCCCC(=O)Nc1ccc2c3c(n(C)c(=O)c2c1)-c1ccccc1C3=O. The molecule has 0 aliphatic heterocycles. The van der Waals surface area contributed by atoms with E-state index in [0.717, 1.165) is 5.56 Å². The van der Waals surface area contributed by atoms with Crippen LogP contribution in [0.1, 0.15) is 41.6 Å². The van der Waals surface area contributed by atoms with E-state index >= 15 is 0 Å². The molecule has 158 valence electrons. The lowest BCUT2D eigenvalue weighted by molar-refractivity contribution is -0.140. The first-order valence-electron chi connectivity index (χ1n) is 10.1. The minimum atomic E-state index is -0.296. The number of methoxy groups -OCH3 is 1. The van der Waals surface area contributed by atoms with Gasteiger partial charge in [-0.2, -0.15) is 0 Å². The second kappa shape index (κ2) is 8.18. The normalized spacial score (nSPS) is 11.9. The van der Waals surface area contributed by atoms with Gasteiger partial charge < -0.3 is 14.6 Å². The van der Waals surface area contributed by atoms with E-state index in [9.17, 15) is 19.2 Å². The van der Waals surface area contributed by atoms with E-state index in [4.69, 9.17) is 0 Å². The number of ketones is 1. The number of unbranched alkanes of at least 4 members (excludes halogenated alkanes) is 1. The Bertz CT molecular complexity index is 1290. The number of amides is 1. The van der Waals surface area contributed by atoms with E-state index in [1.165, 1.54) is 11.7 Å². The molecule has 1 N–H and O–H groups in total. The van der Waals surface area contributed by atoms with Crippen molar-refractivity contribution < 1.29 is 19.1 Å². The van der Waals surface area contributed by atoms with Crippen LogP contribution < -0.4 is 10.9 Å². The average Bonchev–Trinajstić information content (AvgIpc) is 3.07. The molecule has 0 unspecified atom stereocenters. The van der Waals surface area contributed by atoms with Crippen LogP contribution in [0, 0.1) is 0 Å². The first-order chi connectivity index (χ1) is 14.9. The van der Waals surface area contributed by atoms with Crippen molar-refractivity contribution in [2.24, 2.45) is 7.05 Å². The minimum Gasteiger partial charge on any atom is -0.469 e. The maximum atomic E-state index is 13.0. The molecule has 3 aromatic rings. The molecule has 7 nitrogen and oxygen atoms in total. The van der Waals surface area contributed by atoms with Gasteiger partial charge in [-0.25, -0.2) is 0 Å². The third-order valence-electron chi connectivity index (χ3n) is 5.60. The highest BCUT2D eigenvalue weighted by molar-refractivity contribution is 6.26. The van der Waals surface area contributed by atoms with E-state index in [1.54, 1.807) is 31.3 Å². The lowest BCUT2D eigenvalue weighted by atomic mass is 10.0. The van der Waals surface area contributed by atoms with Crippen molar-refractivity contribution in [3.63, 3.8) is 0 Å². The van der Waals surface area contributed by atoms with Gasteiger partial charge in [-0.3, -0.25) is 19.2 Å². The quantitative estimate of drug-likeness (QED) is 0.382. The van der Waals surface area contributed by atoms with Crippen LogP contribution in [0.5, 0.6) is 0 Å². The summed E-state index contributed by atoms with van der Waals surface area (Å²) in [4.78, 5) is 49.4. The fourth-order valence-corrected chi connectivity index (χ4v) is 4.04. The highest BCUT2D eigenvalue weighted by Gasteiger charge is 2.31. The molecule has 1 heterocycles. The molecule has 1 amide bonds. The molecular weight excluding hydrogens is 396 g/mol. The first kappa shape index (κ1) is 20.5. The number of hydrogen-bond donors (Lipinski definition) is 1. The van der Waals surface area contributed by atoms with E-state index in [-0.39, 0.29) is 36.1 Å². The number of nitrogens with one attached hydrogen (secondary N) is 1. The summed E-state index contributed by atoms with van der Waals surface area (Å²) < 4.78 is 6.08. The molecule has 2 aromatic carbocycles. The summed E-state index contributed by atoms with van der Waals surface area (Å²) in [5.74, 6) is -0.603. The van der Waals surface area contributed by atoms with Crippen LogP contribution in [0.15, 0.2) is 47.3 Å². The van der Waals surface area contributed by atoms with Gasteiger partial charge in [-0.15, -0.1) is 0 Å². The summed E-state index contributed by atoms with van der Waals surface area (Å²) in [5.41, 5.74) is 2.75. The van der Waals surface area contributed by atoms with Crippen molar-refractivity contribution in [2.45, 2.75) is 25.7 Å². The Labute approximate surface area is 178 Å². The average molecular weight is 418 g/mol. The Morgan fingerprint density at radius 3 is 2.42 bits per heavy atom. The van der Waals surface area contributed by atoms with Crippen LogP contribution in [-0.4, -0.2) is 29.3 Å². The van der Waals surface area contributed by atoms with Crippen molar-refractivity contribution in [2.75, 3.05) is 12.4 Å². The van der Waals surface area contributed by atoms with Gasteiger partial charge in [0.25, 0.3) is 5.56 Å². The third-order valence-corrected chi connectivity index (χ3v) is 5.60. The molecule has 0 radical (unpaired) electrons. The second-order valence-corrected chi connectivity index (χ2v) is 7.55. The number of rotatable bonds is 6. The molecule has 4 rings (SSSR count). The van der Waals surface area contributed by atoms with Gasteiger partial charge in [0.2, 0.25) is 5.91 Å². The van der Waals surface area contributed by atoms with Crippen LogP contribution in [0.25, 0.3) is 22.0 Å². The summed E-state index contributed by atoms with van der Waals surface area (Å²) in [6.07, 6.45) is 1.64. The van der Waals surface area contributed by atoms with Crippen LogP contribution in [0.4, 0.5) is 5.69 Å². The predicted molar refractivity (Wildman–Crippen MR) is 117 cm³/mol. The zero-order chi connectivity index (χ0) is 22.1. The van der Waals surface area contributed by atoms with Crippen LogP contribution in [0.2, 0.25) is 0 Å². The molecule has 0 atom stereocenters. The summed E-state index contributed by atoms with van der Waals surface area (Å²) >= 11 is 0. The number of fused-ring (bicyclic) bond motifs is 5. The van der Waals surface area contributed by atoms with Crippen LogP contribution in [0.3, 0.4) is 0 Å². The molecule has 0 fully saturated rings. The molecular formula is C24H22N2O5. The number of benzene rings is 2.